The van der Waals surface area contributed by atoms with Crippen LogP contribution in [0.25, 0.3) is 0 Å². The van der Waals surface area contributed by atoms with Crippen molar-refractivity contribution in [1.82, 2.24) is 20.4 Å². The van der Waals surface area contributed by atoms with E-state index in [-0.39, 0.29) is 42.9 Å². The van der Waals surface area contributed by atoms with Gasteiger partial charge in [0.1, 0.15) is 17.6 Å². The average molecular weight is 709 g/mol. The Kier molecular flexibility index (Phi) is 12.3. The molecule has 0 saturated carbocycles. The molecule has 0 unspecified atom stereocenters. The normalized spacial score (nSPS) is 45.5. The molecule has 6 aliphatic rings. The maximum absolute atomic E-state index is 14.7. The highest BCUT2D eigenvalue weighted by Crippen LogP contribution is 2.43. The summed E-state index contributed by atoms with van der Waals surface area (Å²) in [5, 5.41) is 18.2. The predicted molar refractivity (Wildman–Crippen MR) is 186 cm³/mol. The summed E-state index contributed by atoms with van der Waals surface area (Å²) in [6.07, 6.45) is 0.893. The molecule has 13 heteroatoms. The highest BCUT2D eigenvalue weighted by atomic mass is 16.7. The molecular weight excluding hydrogens is 644 g/mol. The zero-order valence-electron chi connectivity index (χ0n) is 31.9. The van der Waals surface area contributed by atoms with Crippen molar-refractivity contribution in [3.8, 4) is 0 Å². The van der Waals surface area contributed by atoms with Crippen LogP contribution >= 0.6 is 0 Å². The minimum Gasteiger partial charge on any atom is -0.457 e. The number of ketones is 1. The molecule has 0 radical (unpaired) electrons. The van der Waals surface area contributed by atoms with Crippen LogP contribution in [0.5, 0.6) is 0 Å². The Bertz CT molecular complexity index is 1220. The SMILES string of the molecule is CC[C@H]1OC(=O)[C@@]2(C)CCO[C@@](C)(C[C@@H](C)CN[C@H](C)[C@H]3NC(=O)O[C@@]31C)[C@H](O[C@@H]1O[C@H](CN3CCCCC3)C[C@H](N(C)C)[C@H]1O)[C@@H](C)C2=O. The van der Waals surface area contributed by atoms with E-state index in [1.807, 2.05) is 39.8 Å². The largest absolute Gasteiger partial charge is 0.457 e. The van der Waals surface area contributed by atoms with Crippen molar-refractivity contribution in [2.24, 2.45) is 17.3 Å². The molecule has 6 rings (SSSR count). The summed E-state index contributed by atoms with van der Waals surface area (Å²) in [5.41, 5.74) is -3.68. The lowest BCUT2D eigenvalue weighted by atomic mass is 9.70. The number of aliphatic hydroxyl groups is 1. The smallest absolute Gasteiger partial charge is 0.408 e. The molecule has 2 bridgehead atoms. The highest BCUT2D eigenvalue weighted by molar-refractivity contribution is 6.04. The third-order valence-corrected chi connectivity index (χ3v) is 12.4. The molecule has 13 nitrogen and oxygen atoms in total. The van der Waals surface area contributed by atoms with E-state index < -0.39 is 65.2 Å². The number of hydrogen-bond donors (Lipinski definition) is 3. The number of carbonyl (C=O) groups is 3. The van der Waals surface area contributed by atoms with Gasteiger partial charge in [-0.15, -0.1) is 0 Å². The number of nitrogens with zero attached hydrogens (tertiary/aromatic N) is 2. The van der Waals surface area contributed by atoms with E-state index >= 15 is 0 Å². The first kappa shape index (κ1) is 39.3. The van der Waals surface area contributed by atoms with Crippen molar-refractivity contribution in [2.45, 2.75) is 153 Å². The van der Waals surface area contributed by atoms with Gasteiger partial charge in [-0.1, -0.05) is 27.2 Å². The Morgan fingerprint density at radius 3 is 2.42 bits per heavy atom. The van der Waals surface area contributed by atoms with Crippen LogP contribution in [0, 0.1) is 17.3 Å². The molecule has 0 aromatic carbocycles. The van der Waals surface area contributed by atoms with Crippen molar-refractivity contribution < 1.29 is 43.2 Å². The Morgan fingerprint density at radius 2 is 1.76 bits per heavy atom. The number of ether oxygens (including phenoxy) is 5. The molecule has 50 heavy (non-hydrogen) atoms. The number of likely N-dealkylation sites (N-methyl/N-ethyl adjacent to an activating group) is 1. The molecule has 6 heterocycles. The minimum atomic E-state index is -1.55. The zero-order valence-corrected chi connectivity index (χ0v) is 31.9. The van der Waals surface area contributed by atoms with Crippen LogP contribution in [0.2, 0.25) is 0 Å². The average Bonchev–Trinajstić information content (AvgIpc) is 3.38. The van der Waals surface area contributed by atoms with Crippen molar-refractivity contribution in [1.29, 1.82) is 0 Å². The molecule has 286 valence electrons. The van der Waals surface area contributed by atoms with Crippen LogP contribution in [0.3, 0.4) is 0 Å². The third-order valence-electron chi connectivity index (χ3n) is 12.4. The second-order valence-corrected chi connectivity index (χ2v) is 16.7. The summed E-state index contributed by atoms with van der Waals surface area (Å²) in [6.45, 7) is 16.6. The number of carbonyl (C=O) groups excluding carboxylic acids is 3. The van der Waals surface area contributed by atoms with Gasteiger partial charge in [-0.05, 0) is 106 Å². The maximum Gasteiger partial charge on any atom is 0.408 e. The van der Waals surface area contributed by atoms with E-state index in [4.69, 9.17) is 23.7 Å². The summed E-state index contributed by atoms with van der Waals surface area (Å²) in [7, 11) is 3.91. The second kappa shape index (κ2) is 15.6. The Morgan fingerprint density at radius 1 is 1.06 bits per heavy atom. The standard InChI is InChI=1S/C37H64N4O9/c1-10-27-37(7)29(39-34(45)50-37)24(4)38-20-22(2)19-36(6)31(23(3)30(43)35(5,14-17-46-36)33(44)48-27)49-32-28(42)26(40(8)9)18-25(47-32)21-41-15-12-11-13-16-41/h22-29,31-32,38,42H,10-21H2,1-9H3,(H,39,45)/t22-,23+,24-,25+,26+,27-,28-,29-,31-,32+,35+,36+,37-/m1/s1. The number of esters is 1. The number of nitrogens with one attached hydrogen (secondary N) is 2. The molecule has 13 atom stereocenters. The molecular formula is C37H64N4O9. The number of fused-ring (bicyclic) bond motifs is 10. The molecule has 1 amide bonds. The van der Waals surface area contributed by atoms with Gasteiger partial charge in [-0.25, -0.2) is 4.79 Å². The van der Waals surface area contributed by atoms with E-state index in [0.717, 1.165) is 32.5 Å². The van der Waals surface area contributed by atoms with Crippen LogP contribution in [-0.4, -0.2) is 140 Å². The summed E-state index contributed by atoms with van der Waals surface area (Å²) < 4.78 is 32.2. The lowest BCUT2D eigenvalue weighted by Gasteiger charge is -2.49. The number of piperidine rings is 1. The van der Waals surface area contributed by atoms with Gasteiger partial charge in [0.15, 0.2) is 17.7 Å². The van der Waals surface area contributed by atoms with Crippen molar-refractivity contribution in [2.75, 3.05) is 46.9 Å². The Balaban J connectivity index is 1.49. The van der Waals surface area contributed by atoms with Crippen LogP contribution in [0.15, 0.2) is 0 Å². The number of alkyl carbamates (subject to hydrolysis) is 1. The van der Waals surface area contributed by atoms with Gasteiger partial charge in [0, 0.05) is 31.2 Å². The van der Waals surface area contributed by atoms with Gasteiger partial charge in [-0.2, -0.15) is 0 Å². The Labute approximate surface area is 298 Å². The van der Waals surface area contributed by atoms with Crippen LogP contribution in [-0.2, 0) is 33.3 Å². The van der Waals surface area contributed by atoms with E-state index in [1.54, 1.807) is 20.8 Å². The first-order valence-corrected chi connectivity index (χ1v) is 19.0. The molecule has 6 aliphatic heterocycles. The Hall–Kier alpha value is -1.87. The van der Waals surface area contributed by atoms with Crippen molar-refractivity contribution in [3.05, 3.63) is 0 Å². The predicted octanol–water partition coefficient (Wildman–Crippen LogP) is 2.86. The molecule has 6 saturated heterocycles. The molecule has 0 spiro atoms. The van der Waals surface area contributed by atoms with E-state index in [1.165, 1.54) is 6.42 Å². The number of likely N-dealkylation sites (tertiary alicyclic amines) is 1. The molecule has 0 aliphatic carbocycles. The summed E-state index contributed by atoms with van der Waals surface area (Å²) in [4.78, 5) is 46.0. The summed E-state index contributed by atoms with van der Waals surface area (Å²) in [5.74, 6) is -1.75. The van der Waals surface area contributed by atoms with Crippen molar-refractivity contribution >= 4 is 17.8 Å². The first-order valence-electron chi connectivity index (χ1n) is 19.0. The van der Waals surface area contributed by atoms with Gasteiger partial charge in [-0.3, -0.25) is 9.59 Å². The monoisotopic (exact) mass is 708 g/mol. The number of amides is 1. The van der Waals surface area contributed by atoms with E-state index in [9.17, 15) is 19.5 Å². The lowest BCUT2D eigenvalue weighted by Crippen LogP contribution is -2.62. The number of Topliss-reactive ketones (excluding diaryl/α,β-unsaturated/α-hetero) is 1. The number of hydrogen-bond acceptors (Lipinski definition) is 12. The number of rotatable bonds is 6. The minimum absolute atomic E-state index is 0.0505. The molecule has 3 N–H and O–H groups in total. The number of aliphatic hydroxyl groups excluding tert-OH is 1. The van der Waals surface area contributed by atoms with Crippen LogP contribution < -0.4 is 10.6 Å². The maximum atomic E-state index is 14.7. The fourth-order valence-corrected chi connectivity index (χ4v) is 9.32. The second-order valence-electron chi connectivity index (χ2n) is 16.7. The molecule has 6 fully saturated rings. The van der Waals surface area contributed by atoms with E-state index in [2.05, 4.69) is 22.5 Å². The highest BCUT2D eigenvalue weighted by Gasteiger charge is 2.58. The van der Waals surface area contributed by atoms with Gasteiger partial charge in [0.2, 0.25) is 0 Å². The van der Waals surface area contributed by atoms with Crippen LogP contribution in [0.1, 0.15) is 93.4 Å². The summed E-state index contributed by atoms with van der Waals surface area (Å²) in [6, 6.07) is -0.924. The third kappa shape index (κ3) is 7.89. The van der Waals surface area contributed by atoms with Gasteiger partial charge in [0.05, 0.1) is 23.9 Å². The van der Waals surface area contributed by atoms with Crippen LogP contribution in [0.4, 0.5) is 4.79 Å². The quantitative estimate of drug-likeness (QED) is 0.275. The fraction of sp³-hybridized carbons (Fsp3) is 0.919. The molecule has 0 aromatic rings. The lowest BCUT2D eigenvalue weighted by molar-refractivity contribution is -0.303. The van der Waals surface area contributed by atoms with E-state index in [0.29, 0.717) is 25.8 Å². The van der Waals surface area contributed by atoms with Gasteiger partial charge in [0.25, 0.3) is 0 Å². The molecule has 0 aromatic heterocycles. The summed E-state index contributed by atoms with van der Waals surface area (Å²) >= 11 is 0. The first-order chi connectivity index (χ1) is 23.5. The zero-order chi connectivity index (χ0) is 36.6. The van der Waals surface area contributed by atoms with Crippen molar-refractivity contribution in [3.63, 3.8) is 0 Å². The topological polar surface area (TPSA) is 148 Å². The van der Waals surface area contributed by atoms with Gasteiger partial charge >= 0.3 is 12.1 Å². The van der Waals surface area contributed by atoms with Gasteiger partial charge < -0.3 is 49.2 Å². The fourth-order valence-electron chi connectivity index (χ4n) is 9.32.